The summed E-state index contributed by atoms with van der Waals surface area (Å²) >= 11 is 9.64. The summed E-state index contributed by atoms with van der Waals surface area (Å²) in [5, 5.41) is -0.0543. The van der Waals surface area contributed by atoms with Gasteiger partial charge in [0.2, 0.25) is 0 Å². The van der Waals surface area contributed by atoms with Crippen molar-refractivity contribution >= 4 is 37.7 Å². The van der Waals surface area contributed by atoms with E-state index in [1.165, 1.54) is 0 Å². The van der Waals surface area contributed by atoms with Crippen molar-refractivity contribution in [3.05, 3.63) is 0 Å². The van der Waals surface area contributed by atoms with Gasteiger partial charge in [0.05, 0.1) is 0 Å². The molecule has 0 N–H and O–H groups in total. The van der Waals surface area contributed by atoms with E-state index in [9.17, 15) is 3.83 Å². The number of hydrogen-bond acceptors (Lipinski definition) is 3. The second-order valence-corrected chi connectivity index (χ2v) is 7.86. The molecule has 6 heteroatoms. The number of rotatable bonds is 4. The van der Waals surface area contributed by atoms with Crippen LogP contribution in [0.3, 0.4) is 0 Å². The minimum atomic E-state index is -2.70. The number of alkyl halides is 2. The fourth-order valence-corrected chi connectivity index (χ4v) is 5.39. The molecule has 4 atom stereocenters. The second-order valence-electron chi connectivity index (χ2n) is 5.07. The molecule has 0 aromatic carbocycles. The molecule has 0 spiro atoms. The van der Waals surface area contributed by atoms with Crippen LogP contribution in [0.25, 0.3) is 0 Å². The first-order valence-electron chi connectivity index (χ1n) is 6.71. The zero-order valence-corrected chi connectivity index (χ0v) is 13.6. The van der Waals surface area contributed by atoms with E-state index in [0.717, 1.165) is 51.4 Å². The third-order valence-electron chi connectivity index (χ3n) is 3.65. The molecule has 0 heterocycles. The molecule has 0 aromatic heterocycles. The first kappa shape index (κ1) is 15.2. The van der Waals surface area contributed by atoms with E-state index in [-0.39, 0.29) is 23.0 Å². The Morgan fingerprint density at radius 2 is 1.17 bits per heavy atom. The van der Waals surface area contributed by atoms with Gasteiger partial charge in [-0.15, -0.1) is 0 Å². The molecule has 4 unspecified atom stereocenters. The van der Waals surface area contributed by atoms with Crippen LogP contribution in [-0.4, -0.2) is 37.5 Å². The summed E-state index contributed by atoms with van der Waals surface area (Å²) in [5.41, 5.74) is 0. The predicted octanol–water partition coefficient (Wildman–Crippen LogP) is 3.54. The SMILES string of the molecule is O=[Se](OC1CCCCC1Cl)OC1CCCCC1Cl. The van der Waals surface area contributed by atoms with Crippen LogP contribution < -0.4 is 0 Å². The zero-order chi connectivity index (χ0) is 13.0. The van der Waals surface area contributed by atoms with Crippen LogP contribution in [0.4, 0.5) is 0 Å². The molecule has 0 aromatic rings. The van der Waals surface area contributed by atoms with Crippen molar-refractivity contribution in [3.8, 4) is 0 Å². The topological polar surface area (TPSA) is 35.5 Å². The Balaban J connectivity index is 1.77. The molecule has 18 heavy (non-hydrogen) atoms. The summed E-state index contributed by atoms with van der Waals surface area (Å²) < 4.78 is 22.9. The van der Waals surface area contributed by atoms with Crippen molar-refractivity contribution in [2.24, 2.45) is 0 Å². The van der Waals surface area contributed by atoms with Gasteiger partial charge in [0.25, 0.3) is 0 Å². The zero-order valence-electron chi connectivity index (χ0n) is 10.4. The Hall–Kier alpha value is 0.819. The third-order valence-corrected chi connectivity index (χ3v) is 6.34. The van der Waals surface area contributed by atoms with E-state index in [1.54, 1.807) is 0 Å². The van der Waals surface area contributed by atoms with Gasteiger partial charge in [-0.25, -0.2) is 0 Å². The van der Waals surface area contributed by atoms with Crippen LogP contribution in [0.15, 0.2) is 0 Å². The molecule has 0 aliphatic heterocycles. The van der Waals surface area contributed by atoms with Gasteiger partial charge in [-0.2, -0.15) is 0 Å². The van der Waals surface area contributed by atoms with E-state index in [1.807, 2.05) is 0 Å². The van der Waals surface area contributed by atoms with E-state index >= 15 is 0 Å². The molecule has 0 saturated heterocycles. The minimum absolute atomic E-state index is 0.0271. The first-order chi connectivity index (χ1) is 8.66. The van der Waals surface area contributed by atoms with Crippen LogP contribution in [0.5, 0.6) is 0 Å². The molecule has 2 aliphatic rings. The summed E-state index contributed by atoms with van der Waals surface area (Å²) in [6.07, 6.45) is 7.86. The normalized spacial score (nSPS) is 39.4. The van der Waals surface area contributed by atoms with Crippen LogP contribution in [0, 0.1) is 0 Å². The van der Waals surface area contributed by atoms with E-state index in [2.05, 4.69) is 0 Å². The number of halogens is 2. The maximum absolute atomic E-state index is 11.9. The standard InChI is InChI=1S/C12H20Cl2O3Se/c13-9-5-1-3-7-11(9)16-18(15)17-12-8-4-2-6-10(12)14/h9-12H,1-8H2. The molecular formula is C12H20Cl2O3Se. The molecule has 0 radical (unpaired) electrons. The summed E-state index contributed by atoms with van der Waals surface area (Å²) in [7, 11) is 0. The molecule has 0 bridgehead atoms. The van der Waals surface area contributed by atoms with Gasteiger partial charge >= 0.3 is 123 Å². The first-order valence-corrected chi connectivity index (χ1v) is 9.68. The van der Waals surface area contributed by atoms with Gasteiger partial charge in [-0.1, -0.05) is 0 Å². The van der Waals surface area contributed by atoms with E-state index in [0.29, 0.717) is 0 Å². The fourth-order valence-electron chi connectivity index (χ4n) is 2.54. The monoisotopic (exact) mass is 362 g/mol. The molecule has 106 valence electrons. The second kappa shape index (κ2) is 7.56. The Kier molecular flexibility index (Phi) is 6.39. The molecule has 2 rings (SSSR count). The van der Waals surface area contributed by atoms with Gasteiger partial charge in [-0.05, 0) is 0 Å². The van der Waals surface area contributed by atoms with Gasteiger partial charge < -0.3 is 0 Å². The van der Waals surface area contributed by atoms with Gasteiger partial charge in [0.15, 0.2) is 0 Å². The van der Waals surface area contributed by atoms with Gasteiger partial charge in [-0.3, -0.25) is 0 Å². The Morgan fingerprint density at radius 3 is 1.56 bits per heavy atom. The summed E-state index contributed by atoms with van der Waals surface area (Å²) in [5.74, 6) is 0. The Morgan fingerprint density at radius 1 is 0.778 bits per heavy atom. The number of hydrogen-bond donors (Lipinski definition) is 0. The summed E-state index contributed by atoms with van der Waals surface area (Å²) in [6, 6.07) is 0. The molecule has 2 fully saturated rings. The summed E-state index contributed by atoms with van der Waals surface area (Å²) in [6.45, 7) is 0. The average Bonchev–Trinajstić information content (AvgIpc) is 2.35. The van der Waals surface area contributed by atoms with E-state index < -0.39 is 14.5 Å². The summed E-state index contributed by atoms with van der Waals surface area (Å²) in [4.78, 5) is 0. The van der Waals surface area contributed by atoms with Crippen LogP contribution in [0.2, 0.25) is 0 Å². The van der Waals surface area contributed by atoms with Crippen molar-refractivity contribution in [3.63, 3.8) is 0 Å². The predicted molar refractivity (Wildman–Crippen MR) is 72.4 cm³/mol. The van der Waals surface area contributed by atoms with Crippen molar-refractivity contribution in [1.29, 1.82) is 0 Å². The van der Waals surface area contributed by atoms with Crippen molar-refractivity contribution < 1.29 is 11.5 Å². The molecular weight excluding hydrogens is 342 g/mol. The molecule has 2 aliphatic carbocycles. The Labute approximate surface area is 123 Å². The van der Waals surface area contributed by atoms with Gasteiger partial charge in [0, 0.05) is 0 Å². The third kappa shape index (κ3) is 4.43. The van der Waals surface area contributed by atoms with E-state index in [4.69, 9.17) is 30.8 Å². The van der Waals surface area contributed by atoms with Gasteiger partial charge in [0.1, 0.15) is 0 Å². The molecule has 0 amide bonds. The fraction of sp³-hybridized carbons (Fsp3) is 1.00. The maximum atomic E-state index is 11.9. The average molecular weight is 362 g/mol. The van der Waals surface area contributed by atoms with Crippen LogP contribution in [0.1, 0.15) is 51.4 Å². The Bertz CT molecular complexity index is 264. The molecule has 2 saturated carbocycles. The molecule has 3 nitrogen and oxygen atoms in total. The van der Waals surface area contributed by atoms with Crippen LogP contribution in [-0.2, 0) is 11.5 Å². The van der Waals surface area contributed by atoms with Crippen molar-refractivity contribution in [2.75, 3.05) is 0 Å². The quantitative estimate of drug-likeness (QED) is 0.567. The van der Waals surface area contributed by atoms with Crippen molar-refractivity contribution in [2.45, 2.75) is 74.3 Å². The van der Waals surface area contributed by atoms with Crippen LogP contribution >= 0.6 is 23.2 Å². The van der Waals surface area contributed by atoms with Crippen molar-refractivity contribution in [1.82, 2.24) is 0 Å².